The van der Waals surface area contributed by atoms with Gasteiger partial charge in [-0.2, -0.15) is 5.10 Å². The van der Waals surface area contributed by atoms with Gasteiger partial charge in [0.25, 0.3) is 0 Å². The van der Waals surface area contributed by atoms with Crippen molar-refractivity contribution in [2.24, 2.45) is 0 Å². The van der Waals surface area contributed by atoms with Crippen LogP contribution in [0.1, 0.15) is 39.3 Å². The summed E-state index contributed by atoms with van der Waals surface area (Å²) in [7, 11) is 0. The molecule has 1 heterocycles. The Morgan fingerprint density at radius 3 is 2.50 bits per heavy atom. The Labute approximate surface area is 85.0 Å². The van der Waals surface area contributed by atoms with Gasteiger partial charge in [0.2, 0.25) is 0 Å². The number of rotatable bonds is 4. The second kappa shape index (κ2) is 4.46. The lowest BCUT2D eigenvalue weighted by Gasteiger charge is -2.09. The van der Waals surface area contributed by atoms with E-state index in [-0.39, 0.29) is 6.10 Å². The number of nitrogens with two attached hydrogens (primary N) is 1. The summed E-state index contributed by atoms with van der Waals surface area (Å²) in [6, 6.07) is 0.294. The van der Waals surface area contributed by atoms with Crippen molar-refractivity contribution < 1.29 is 4.74 Å². The van der Waals surface area contributed by atoms with Crippen molar-refractivity contribution in [1.82, 2.24) is 9.78 Å². The van der Waals surface area contributed by atoms with Crippen molar-refractivity contribution in [1.29, 1.82) is 0 Å². The zero-order valence-corrected chi connectivity index (χ0v) is 9.32. The quantitative estimate of drug-likeness (QED) is 0.802. The van der Waals surface area contributed by atoms with Gasteiger partial charge in [0.1, 0.15) is 5.82 Å². The van der Waals surface area contributed by atoms with Crippen LogP contribution in [0.5, 0.6) is 0 Å². The van der Waals surface area contributed by atoms with Gasteiger partial charge >= 0.3 is 0 Å². The Kier molecular flexibility index (Phi) is 3.52. The highest BCUT2D eigenvalue weighted by Gasteiger charge is 2.09. The van der Waals surface area contributed by atoms with Gasteiger partial charge in [-0.15, -0.1) is 0 Å². The fraction of sp³-hybridized carbons (Fsp3) is 0.700. The van der Waals surface area contributed by atoms with E-state index in [1.54, 1.807) is 10.9 Å². The van der Waals surface area contributed by atoms with Crippen LogP contribution in [0.2, 0.25) is 0 Å². The molecule has 80 valence electrons. The number of ether oxygens (including phenoxy) is 1. The number of aromatic nitrogens is 2. The van der Waals surface area contributed by atoms with Crippen molar-refractivity contribution in [3.8, 4) is 0 Å². The number of hydrogen-bond acceptors (Lipinski definition) is 3. The normalized spacial score (nSPS) is 11.6. The summed E-state index contributed by atoms with van der Waals surface area (Å²) in [6.07, 6.45) is 1.99. The lowest BCUT2D eigenvalue weighted by molar-refractivity contribution is 0.0660. The molecule has 0 aromatic carbocycles. The van der Waals surface area contributed by atoms with E-state index < -0.39 is 0 Å². The van der Waals surface area contributed by atoms with Gasteiger partial charge in [-0.05, 0) is 27.7 Å². The monoisotopic (exact) mass is 197 g/mol. The first-order valence-corrected chi connectivity index (χ1v) is 4.95. The Morgan fingerprint density at radius 2 is 2.07 bits per heavy atom. The van der Waals surface area contributed by atoms with Crippen LogP contribution >= 0.6 is 0 Å². The van der Waals surface area contributed by atoms with Crippen LogP contribution in [0, 0.1) is 0 Å². The highest BCUT2D eigenvalue weighted by atomic mass is 16.5. The second-order valence-electron chi connectivity index (χ2n) is 3.95. The van der Waals surface area contributed by atoms with Crippen molar-refractivity contribution in [3.05, 3.63) is 11.8 Å². The highest BCUT2D eigenvalue weighted by Crippen LogP contribution is 2.17. The summed E-state index contributed by atoms with van der Waals surface area (Å²) in [5.74, 6) is 0.709. The van der Waals surface area contributed by atoms with Gasteiger partial charge < -0.3 is 10.5 Å². The molecule has 0 atom stereocenters. The molecule has 0 unspecified atom stereocenters. The lowest BCUT2D eigenvalue weighted by atomic mass is 10.3. The first kappa shape index (κ1) is 11.0. The highest BCUT2D eigenvalue weighted by molar-refractivity contribution is 5.38. The molecule has 2 N–H and O–H groups in total. The fourth-order valence-corrected chi connectivity index (χ4v) is 1.19. The van der Waals surface area contributed by atoms with Gasteiger partial charge in [0.15, 0.2) is 0 Å². The first-order chi connectivity index (χ1) is 6.52. The van der Waals surface area contributed by atoms with Crippen LogP contribution in [-0.2, 0) is 11.3 Å². The van der Waals surface area contributed by atoms with E-state index in [1.165, 1.54) is 0 Å². The largest absolute Gasteiger partial charge is 0.384 e. The summed E-state index contributed by atoms with van der Waals surface area (Å²) >= 11 is 0. The molecule has 1 rings (SSSR count). The maximum absolute atomic E-state index is 5.91. The van der Waals surface area contributed by atoms with E-state index in [2.05, 4.69) is 18.9 Å². The third-order valence-corrected chi connectivity index (χ3v) is 1.98. The molecule has 0 aliphatic rings. The van der Waals surface area contributed by atoms with E-state index in [9.17, 15) is 0 Å². The zero-order chi connectivity index (χ0) is 10.7. The third-order valence-electron chi connectivity index (χ3n) is 1.98. The minimum Gasteiger partial charge on any atom is -0.384 e. The predicted octanol–water partition coefficient (Wildman–Crippen LogP) is 1.97. The number of nitrogen functional groups attached to an aromatic ring is 1. The summed E-state index contributed by atoms with van der Waals surface area (Å²) < 4.78 is 7.27. The molecule has 4 nitrogen and oxygen atoms in total. The van der Waals surface area contributed by atoms with Gasteiger partial charge in [-0.3, -0.25) is 0 Å². The van der Waals surface area contributed by atoms with Gasteiger partial charge in [0, 0.05) is 11.6 Å². The summed E-state index contributed by atoms with van der Waals surface area (Å²) in [5, 5.41) is 4.20. The molecule has 0 amide bonds. The molecular weight excluding hydrogens is 178 g/mol. The van der Waals surface area contributed by atoms with Crippen LogP contribution < -0.4 is 5.73 Å². The Hall–Kier alpha value is -1.03. The molecule has 0 saturated heterocycles. The molecule has 0 aliphatic heterocycles. The standard InChI is InChI=1S/C10H19N3O/c1-7(2)13-10(11)9(5-12-13)6-14-8(3)4/h5,7-8H,6,11H2,1-4H3. The SMILES string of the molecule is CC(C)OCc1cnn(C(C)C)c1N. The zero-order valence-electron chi connectivity index (χ0n) is 9.32. The average Bonchev–Trinajstić information content (AvgIpc) is 2.43. The van der Waals surface area contributed by atoms with Gasteiger partial charge in [-0.25, -0.2) is 4.68 Å². The molecule has 4 heteroatoms. The Bertz CT molecular complexity index is 292. The molecule has 0 saturated carbocycles. The second-order valence-corrected chi connectivity index (χ2v) is 3.95. The summed E-state index contributed by atoms with van der Waals surface area (Å²) in [4.78, 5) is 0. The molecule has 14 heavy (non-hydrogen) atoms. The third kappa shape index (κ3) is 2.48. The molecule has 0 fully saturated rings. The smallest absolute Gasteiger partial charge is 0.127 e. The van der Waals surface area contributed by atoms with E-state index >= 15 is 0 Å². The molecule has 0 spiro atoms. The molecular formula is C10H19N3O. The van der Waals surface area contributed by atoms with Crippen molar-refractivity contribution in [3.63, 3.8) is 0 Å². The fourth-order valence-electron chi connectivity index (χ4n) is 1.19. The molecule has 0 radical (unpaired) electrons. The van der Waals surface area contributed by atoms with Crippen LogP contribution in [0.15, 0.2) is 6.20 Å². The van der Waals surface area contributed by atoms with Crippen molar-refractivity contribution in [2.75, 3.05) is 5.73 Å². The topological polar surface area (TPSA) is 53.1 Å². The Morgan fingerprint density at radius 1 is 1.43 bits per heavy atom. The van der Waals surface area contributed by atoms with E-state index in [1.807, 2.05) is 13.8 Å². The van der Waals surface area contributed by atoms with E-state index in [4.69, 9.17) is 10.5 Å². The van der Waals surface area contributed by atoms with Gasteiger partial charge in [0.05, 0.1) is 18.9 Å². The molecule has 0 aliphatic carbocycles. The van der Waals surface area contributed by atoms with Crippen LogP contribution in [0.3, 0.4) is 0 Å². The lowest BCUT2D eigenvalue weighted by Crippen LogP contribution is -2.09. The van der Waals surface area contributed by atoms with Crippen molar-refractivity contribution in [2.45, 2.75) is 46.4 Å². The van der Waals surface area contributed by atoms with Crippen LogP contribution in [0.4, 0.5) is 5.82 Å². The summed E-state index contributed by atoms with van der Waals surface area (Å²) in [5.41, 5.74) is 6.88. The molecule has 1 aromatic heterocycles. The minimum atomic E-state index is 0.219. The van der Waals surface area contributed by atoms with Crippen LogP contribution in [0.25, 0.3) is 0 Å². The molecule has 1 aromatic rings. The van der Waals surface area contributed by atoms with Crippen LogP contribution in [-0.4, -0.2) is 15.9 Å². The number of hydrogen-bond donors (Lipinski definition) is 1. The summed E-state index contributed by atoms with van der Waals surface area (Å²) in [6.45, 7) is 8.65. The van der Waals surface area contributed by atoms with E-state index in [0.29, 0.717) is 18.5 Å². The predicted molar refractivity (Wildman–Crippen MR) is 56.9 cm³/mol. The minimum absolute atomic E-state index is 0.219. The van der Waals surface area contributed by atoms with Gasteiger partial charge in [-0.1, -0.05) is 0 Å². The van der Waals surface area contributed by atoms with Crippen molar-refractivity contribution >= 4 is 5.82 Å². The molecule has 0 bridgehead atoms. The maximum Gasteiger partial charge on any atom is 0.127 e. The first-order valence-electron chi connectivity index (χ1n) is 4.95. The number of anilines is 1. The number of nitrogens with zero attached hydrogens (tertiary/aromatic N) is 2. The van der Waals surface area contributed by atoms with E-state index in [0.717, 1.165) is 5.56 Å². The average molecular weight is 197 g/mol. The maximum atomic E-state index is 5.91. The Balaban J connectivity index is 2.70.